The molecule has 0 saturated carbocycles. The minimum atomic E-state index is 0. The monoisotopic (exact) mass is 637 g/mol. The first-order valence-electron chi connectivity index (χ1n) is 15.7. The molecule has 2 N–H and O–H groups in total. The zero-order valence-electron chi connectivity index (χ0n) is 26.2. The Bertz CT molecular complexity index is 1560. The molecule has 0 fully saturated rings. The standard InChI is InChI=1S/C36H46N4.Rh/c1-9-21-22(10-2)30-18-32-25(13-5)26(14-6)34(39-32)20-36-28(16-8)27(15-7)35(40-36)19-33-24(12-4)23(11-3)31(38-33)17-29(21)37-30;/h17-20,37-38H,9-16H2,1-8H3;/q;+2. The van der Waals surface area contributed by atoms with Crippen molar-refractivity contribution >= 4 is 44.4 Å². The Morgan fingerprint density at radius 2 is 0.659 bits per heavy atom. The Labute approximate surface area is 259 Å². The van der Waals surface area contributed by atoms with Crippen molar-refractivity contribution in [3.8, 4) is 0 Å². The zero-order valence-corrected chi connectivity index (χ0v) is 27.8. The van der Waals surface area contributed by atoms with E-state index in [1.165, 1.54) is 66.6 Å². The molecule has 8 bridgehead atoms. The third kappa shape index (κ3) is 5.31. The summed E-state index contributed by atoms with van der Waals surface area (Å²) in [5.74, 6) is 0. The second-order valence-corrected chi connectivity index (χ2v) is 10.9. The fourth-order valence-corrected chi connectivity index (χ4v) is 7.10. The first-order valence-corrected chi connectivity index (χ1v) is 15.7. The van der Waals surface area contributed by atoms with Crippen molar-refractivity contribution in [2.75, 3.05) is 0 Å². The Hall–Kier alpha value is -2.78. The Balaban J connectivity index is 0.00000387. The molecular formula is C36H46N4Rh+2. The van der Waals surface area contributed by atoms with Gasteiger partial charge in [-0.05, 0) is 120 Å². The predicted octanol–water partition coefficient (Wildman–Crippen LogP) is 10.0. The van der Waals surface area contributed by atoms with Crippen LogP contribution in [0.15, 0.2) is 24.3 Å². The molecule has 5 heteroatoms. The SMILES string of the molecule is CCC1=C(CC)c2cc3[nH]c(cc4[nH]c(cc5nc(cc1n2)C(CC)=C5CC)c(CC)c4CC)c(CC)c3CC.[Rh+2]. The van der Waals surface area contributed by atoms with Gasteiger partial charge in [0.2, 0.25) is 0 Å². The molecule has 217 valence electrons. The Morgan fingerprint density at radius 1 is 0.390 bits per heavy atom. The summed E-state index contributed by atoms with van der Waals surface area (Å²) >= 11 is 0. The number of aromatic nitrogens is 4. The van der Waals surface area contributed by atoms with Crippen LogP contribution in [0.5, 0.6) is 0 Å². The molecule has 2 aliphatic rings. The van der Waals surface area contributed by atoms with Gasteiger partial charge >= 0.3 is 19.5 Å². The van der Waals surface area contributed by atoms with Gasteiger partial charge in [0.05, 0.1) is 22.8 Å². The predicted molar refractivity (Wildman–Crippen MR) is 173 cm³/mol. The van der Waals surface area contributed by atoms with Crippen molar-refractivity contribution in [2.45, 2.75) is 107 Å². The molecule has 41 heavy (non-hydrogen) atoms. The third-order valence-electron chi connectivity index (χ3n) is 8.97. The summed E-state index contributed by atoms with van der Waals surface area (Å²) in [6.07, 6.45) is 7.84. The second kappa shape index (κ2) is 13.0. The van der Waals surface area contributed by atoms with Crippen molar-refractivity contribution < 1.29 is 19.5 Å². The molecule has 1 radical (unpaired) electrons. The number of hydrogen-bond donors (Lipinski definition) is 2. The zero-order chi connectivity index (χ0) is 28.6. The number of aryl methyl sites for hydroxylation is 4. The molecule has 0 atom stereocenters. The van der Waals surface area contributed by atoms with Crippen molar-refractivity contribution in [3.05, 3.63) is 69.3 Å². The van der Waals surface area contributed by atoms with E-state index in [2.05, 4.69) is 89.6 Å². The van der Waals surface area contributed by atoms with Crippen LogP contribution in [0.4, 0.5) is 0 Å². The van der Waals surface area contributed by atoms with E-state index in [9.17, 15) is 0 Å². The van der Waals surface area contributed by atoms with Gasteiger partial charge in [0.25, 0.3) is 0 Å². The second-order valence-electron chi connectivity index (χ2n) is 10.9. The Kier molecular flexibility index (Phi) is 9.90. The summed E-state index contributed by atoms with van der Waals surface area (Å²) in [5, 5.41) is 0. The molecule has 0 aliphatic carbocycles. The van der Waals surface area contributed by atoms with E-state index >= 15 is 0 Å². The van der Waals surface area contributed by atoms with Gasteiger partial charge in [0.1, 0.15) is 0 Å². The van der Waals surface area contributed by atoms with Gasteiger partial charge in [-0.1, -0.05) is 55.4 Å². The molecule has 0 aromatic carbocycles. The van der Waals surface area contributed by atoms with Crippen molar-refractivity contribution in [3.63, 3.8) is 0 Å². The summed E-state index contributed by atoms with van der Waals surface area (Å²) in [6.45, 7) is 18.1. The molecular weight excluding hydrogens is 591 g/mol. The summed E-state index contributed by atoms with van der Waals surface area (Å²) in [7, 11) is 0. The maximum absolute atomic E-state index is 5.28. The minimum Gasteiger partial charge on any atom is -0.355 e. The molecule has 0 amide bonds. The van der Waals surface area contributed by atoms with Crippen LogP contribution in [0.1, 0.15) is 126 Å². The summed E-state index contributed by atoms with van der Waals surface area (Å²) < 4.78 is 0. The van der Waals surface area contributed by atoms with Crippen LogP contribution in [0, 0.1) is 0 Å². The van der Waals surface area contributed by atoms with E-state index in [1.54, 1.807) is 0 Å². The van der Waals surface area contributed by atoms with E-state index in [1.807, 2.05) is 0 Å². The third-order valence-corrected chi connectivity index (χ3v) is 8.97. The van der Waals surface area contributed by atoms with Crippen LogP contribution in [-0.4, -0.2) is 19.9 Å². The van der Waals surface area contributed by atoms with Crippen molar-refractivity contribution in [2.24, 2.45) is 0 Å². The maximum atomic E-state index is 5.28. The first-order chi connectivity index (χ1) is 19.5. The minimum absolute atomic E-state index is 0. The number of fused-ring (bicyclic) bond motifs is 8. The molecule has 0 saturated heterocycles. The fraction of sp³-hybridized carbons (Fsp3) is 0.444. The number of allylic oxidation sites excluding steroid dienone is 4. The molecule has 0 spiro atoms. The topological polar surface area (TPSA) is 57.4 Å². The van der Waals surface area contributed by atoms with Crippen LogP contribution in [0.3, 0.4) is 0 Å². The van der Waals surface area contributed by atoms with Crippen LogP contribution >= 0.6 is 0 Å². The van der Waals surface area contributed by atoms with Crippen molar-refractivity contribution in [1.82, 2.24) is 19.9 Å². The molecule has 5 heterocycles. The van der Waals surface area contributed by atoms with Gasteiger partial charge in [-0.2, -0.15) is 0 Å². The number of nitrogens with zero attached hydrogens (tertiary/aromatic N) is 2. The van der Waals surface area contributed by atoms with Gasteiger partial charge in [-0.3, -0.25) is 0 Å². The van der Waals surface area contributed by atoms with Crippen LogP contribution in [-0.2, 0) is 45.2 Å². The van der Waals surface area contributed by atoms with E-state index in [0.29, 0.717) is 0 Å². The van der Waals surface area contributed by atoms with E-state index in [-0.39, 0.29) is 19.5 Å². The molecule has 2 aliphatic heterocycles. The molecule has 0 unspecified atom stereocenters. The van der Waals surface area contributed by atoms with Crippen LogP contribution in [0.25, 0.3) is 44.4 Å². The van der Waals surface area contributed by atoms with E-state index in [4.69, 9.17) is 9.97 Å². The van der Waals surface area contributed by atoms with Gasteiger partial charge in [0.15, 0.2) is 0 Å². The van der Waals surface area contributed by atoms with Crippen molar-refractivity contribution in [1.29, 1.82) is 0 Å². The van der Waals surface area contributed by atoms with Crippen LogP contribution in [0.2, 0.25) is 0 Å². The maximum Gasteiger partial charge on any atom is 2.00 e. The molecule has 4 nitrogen and oxygen atoms in total. The summed E-state index contributed by atoms with van der Waals surface area (Å²) in [5.41, 5.74) is 20.2. The molecule has 5 rings (SSSR count). The van der Waals surface area contributed by atoms with E-state index in [0.717, 1.165) is 74.1 Å². The average Bonchev–Trinajstić information content (AvgIpc) is 3.67. The smallest absolute Gasteiger partial charge is 0.355 e. The number of H-pyrrole nitrogens is 2. The summed E-state index contributed by atoms with van der Waals surface area (Å²) in [4.78, 5) is 18.2. The summed E-state index contributed by atoms with van der Waals surface area (Å²) in [6, 6.07) is 9.24. The van der Waals surface area contributed by atoms with E-state index < -0.39 is 0 Å². The van der Waals surface area contributed by atoms with Crippen LogP contribution < -0.4 is 0 Å². The molecule has 3 aromatic heterocycles. The number of aromatic amines is 2. The largest absolute Gasteiger partial charge is 2.00 e. The van der Waals surface area contributed by atoms with Gasteiger partial charge in [-0.15, -0.1) is 0 Å². The van der Waals surface area contributed by atoms with Gasteiger partial charge < -0.3 is 9.97 Å². The Morgan fingerprint density at radius 3 is 0.927 bits per heavy atom. The van der Waals surface area contributed by atoms with Gasteiger partial charge in [-0.25, -0.2) is 9.97 Å². The average molecular weight is 638 g/mol. The normalized spacial score (nSPS) is 13.3. The molecule has 3 aromatic rings. The number of rotatable bonds is 8. The fourth-order valence-electron chi connectivity index (χ4n) is 7.10. The number of hydrogen-bond acceptors (Lipinski definition) is 2. The number of nitrogens with one attached hydrogen (secondary N) is 2. The van der Waals surface area contributed by atoms with Gasteiger partial charge in [0, 0.05) is 22.1 Å². The quantitative estimate of drug-likeness (QED) is 0.242. The first kappa shape index (κ1) is 31.2.